The molecule has 0 aliphatic heterocycles. The first-order valence-electron chi connectivity index (χ1n) is 6.07. The standard InChI is InChI=1S/C15H10Cl2O5/c16-13-9(15(21)8-3-1-2-4-10(8)18)5-6-11(14(13)17)22-7-12(19)20/h1-6,18H,7H2,(H,19,20). The van der Waals surface area contributed by atoms with E-state index in [4.69, 9.17) is 33.0 Å². The number of carbonyl (C=O) groups is 2. The number of ketones is 1. The van der Waals surface area contributed by atoms with E-state index in [0.29, 0.717) is 0 Å². The molecule has 2 aromatic carbocycles. The zero-order valence-electron chi connectivity index (χ0n) is 11.0. The van der Waals surface area contributed by atoms with Crippen molar-refractivity contribution in [2.24, 2.45) is 0 Å². The summed E-state index contributed by atoms with van der Waals surface area (Å²) in [5.41, 5.74) is 0.163. The Labute approximate surface area is 135 Å². The molecular weight excluding hydrogens is 331 g/mol. The Morgan fingerprint density at radius 3 is 2.32 bits per heavy atom. The van der Waals surface area contributed by atoms with E-state index in [1.165, 1.54) is 24.3 Å². The van der Waals surface area contributed by atoms with Gasteiger partial charge in [-0.2, -0.15) is 0 Å². The summed E-state index contributed by atoms with van der Waals surface area (Å²) in [4.78, 5) is 22.9. The average Bonchev–Trinajstić information content (AvgIpc) is 2.48. The number of phenolic OH excluding ortho intramolecular Hbond substituents is 1. The quantitative estimate of drug-likeness (QED) is 0.815. The number of aromatic hydroxyl groups is 1. The minimum atomic E-state index is -1.17. The van der Waals surface area contributed by atoms with Gasteiger partial charge in [-0.05, 0) is 24.3 Å². The lowest BCUT2D eigenvalue weighted by Gasteiger charge is -2.11. The van der Waals surface area contributed by atoms with Crippen molar-refractivity contribution in [3.63, 3.8) is 0 Å². The molecule has 22 heavy (non-hydrogen) atoms. The third kappa shape index (κ3) is 3.32. The first kappa shape index (κ1) is 16.1. The van der Waals surface area contributed by atoms with Gasteiger partial charge in [-0.1, -0.05) is 35.3 Å². The van der Waals surface area contributed by atoms with E-state index in [0.717, 1.165) is 0 Å². The zero-order valence-corrected chi connectivity index (χ0v) is 12.6. The summed E-state index contributed by atoms with van der Waals surface area (Å²) >= 11 is 12.0. The fourth-order valence-corrected chi connectivity index (χ4v) is 2.23. The number of carbonyl (C=O) groups excluding carboxylic acids is 1. The Hall–Kier alpha value is -2.24. The van der Waals surface area contributed by atoms with Crippen LogP contribution in [-0.2, 0) is 4.79 Å². The van der Waals surface area contributed by atoms with Gasteiger partial charge in [-0.3, -0.25) is 4.79 Å². The second kappa shape index (κ2) is 6.68. The van der Waals surface area contributed by atoms with Crippen LogP contribution in [0.25, 0.3) is 0 Å². The van der Waals surface area contributed by atoms with E-state index in [1.54, 1.807) is 12.1 Å². The van der Waals surface area contributed by atoms with Crippen molar-refractivity contribution in [3.05, 3.63) is 57.6 Å². The highest BCUT2D eigenvalue weighted by molar-refractivity contribution is 6.45. The molecule has 0 atom stereocenters. The normalized spacial score (nSPS) is 10.3. The maximum atomic E-state index is 12.4. The molecule has 0 aliphatic carbocycles. The van der Waals surface area contributed by atoms with Crippen molar-refractivity contribution >= 4 is 35.0 Å². The van der Waals surface area contributed by atoms with Gasteiger partial charge in [0.1, 0.15) is 16.5 Å². The Kier molecular flexibility index (Phi) is 4.90. The highest BCUT2D eigenvalue weighted by Gasteiger charge is 2.20. The molecule has 0 radical (unpaired) electrons. The van der Waals surface area contributed by atoms with Crippen LogP contribution >= 0.6 is 23.2 Å². The molecule has 0 saturated heterocycles. The smallest absolute Gasteiger partial charge is 0.341 e. The predicted octanol–water partition coefficient (Wildman–Crippen LogP) is 3.39. The summed E-state index contributed by atoms with van der Waals surface area (Å²) in [6, 6.07) is 8.74. The van der Waals surface area contributed by atoms with Gasteiger partial charge >= 0.3 is 5.97 Å². The Morgan fingerprint density at radius 1 is 1.00 bits per heavy atom. The SMILES string of the molecule is O=C(O)COc1ccc(C(=O)c2ccccc2O)c(Cl)c1Cl. The van der Waals surface area contributed by atoms with E-state index in [1.807, 2.05) is 0 Å². The predicted molar refractivity (Wildman–Crippen MR) is 81.1 cm³/mol. The lowest BCUT2D eigenvalue weighted by molar-refractivity contribution is -0.139. The molecular formula is C15H10Cl2O5. The first-order chi connectivity index (χ1) is 10.4. The van der Waals surface area contributed by atoms with Crippen LogP contribution in [0.3, 0.4) is 0 Å². The summed E-state index contributed by atoms with van der Waals surface area (Å²) < 4.78 is 4.97. The first-order valence-corrected chi connectivity index (χ1v) is 6.82. The van der Waals surface area contributed by atoms with Crippen molar-refractivity contribution in [1.29, 1.82) is 0 Å². The van der Waals surface area contributed by atoms with Crippen LogP contribution in [0.1, 0.15) is 15.9 Å². The molecule has 114 valence electrons. The summed E-state index contributed by atoms with van der Waals surface area (Å²) in [7, 11) is 0. The molecule has 0 amide bonds. The molecule has 0 fully saturated rings. The highest BCUT2D eigenvalue weighted by Crippen LogP contribution is 2.36. The van der Waals surface area contributed by atoms with Gasteiger partial charge in [0, 0.05) is 5.56 Å². The van der Waals surface area contributed by atoms with Crippen LogP contribution in [0.2, 0.25) is 10.0 Å². The van der Waals surface area contributed by atoms with Crippen LogP contribution in [0.4, 0.5) is 0 Å². The highest BCUT2D eigenvalue weighted by atomic mass is 35.5. The maximum absolute atomic E-state index is 12.4. The molecule has 0 heterocycles. The molecule has 2 aromatic rings. The number of hydrogen-bond acceptors (Lipinski definition) is 4. The summed E-state index contributed by atoms with van der Waals surface area (Å²) in [6.07, 6.45) is 0. The second-order valence-electron chi connectivity index (χ2n) is 4.27. The van der Waals surface area contributed by atoms with E-state index in [2.05, 4.69) is 0 Å². The van der Waals surface area contributed by atoms with Crippen LogP contribution < -0.4 is 4.74 Å². The molecule has 0 aliphatic rings. The monoisotopic (exact) mass is 340 g/mol. The van der Waals surface area contributed by atoms with Crippen molar-refractivity contribution in [3.8, 4) is 11.5 Å². The number of phenols is 1. The average molecular weight is 341 g/mol. The van der Waals surface area contributed by atoms with Gasteiger partial charge in [0.05, 0.1) is 10.6 Å². The molecule has 0 bridgehead atoms. The van der Waals surface area contributed by atoms with E-state index < -0.39 is 18.4 Å². The van der Waals surface area contributed by atoms with Gasteiger partial charge in [0.15, 0.2) is 12.4 Å². The Balaban J connectivity index is 2.37. The number of benzene rings is 2. The van der Waals surface area contributed by atoms with Gasteiger partial charge in [0.25, 0.3) is 0 Å². The van der Waals surface area contributed by atoms with Crippen molar-refractivity contribution in [1.82, 2.24) is 0 Å². The van der Waals surface area contributed by atoms with Gasteiger partial charge in [0.2, 0.25) is 0 Å². The van der Waals surface area contributed by atoms with Gasteiger partial charge < -0.3 is 14.9 Å². The molecule has 0 spiro atoms. The van der Waals surface area contributed by atoms with Crippen molar-refractivity contribution < 1.29 is 24.5 Å². The van der Waals surface area contributed by atoms with Gasteiger partial charge in [-0.25, -0.2) is 4.79 Å². The Morgan fingerprint density at radius 2 is 1.68 bits per heavy atom. The van der Waals surface area contributed by atoms with E-state index in [9.17, 15) is 14.7 Å². The molecule has 2 N–H and O–H groups in total. The number of carboxylic acids is 1. The number of hydrogen-bond donors (Lipinski definition) is 2. The molecule has 7 heteroatoms. The lowest BCUT2D eigenvalue weighted by Crippen LogP contribution is -2.10. The molecule has 0 saturated carbocycles. The van der Waals surface area contributed by atoms with Crippen molar-refractivity contribution in [2.45, 2.75) is 0 Å². The molecule has 2 rings (SSSR count). The van der Waals surface area contributed by atoms with Crippen LogP contribution in [0.5, 0.6) is 11.5 Å². The zero-order chi connectivity index (χ0) is 16.3. The van der Waals surface area contributed by atoms with Crippen LogP contribution in [0, 0.1) is 0 Å². The van der Waals surface area contributed by atoms with E-state index >= 15 is 0 Å². The third-order valence-corrected chi connectivity index (χ3v) is 3.66. The maximum Gasteiger partial charge on any atom is 0.341 e. The van der Waals surface area contributed by atoms with Crippen LogP contribution in [-0.4, -0.2) is 28.6 Å². The second-order valence-corrected chi connectivity index (χ2v) is 5.02. The molecule has 0 aromatic heterocycles. The fraction of sp³-hybridized carbons (Fsp3) is 0.0667. The summed E-state index contributed by atoms with van der Waals surface area (Å²) in [5.74, 6) is -1.79. The topological polar surface area (TPSA) is 83.8 Å². The summed E-state index contributed by atoms with van der Waals surface area (Å²) in [6.45, 7) is -0.581. The number of halogens is 2. The summed E-state index contributed by atoms with van der Waals surface area (Å²) in [5, 5.41) is 18.2. The number of rotatable bonds is 5. The third-order valence-electron chi connectivity index (χ3n) is 2.79. The van der Waals surface area contributed by atoms with Gasteiger partial charge in [-0.15, -0.1) is 0 Å². The minimum Gasteiger partial charge on any atom is -0.507 e. The van der Waals surface area contributed by atoms with Crippen LogP contribution in [0.15, 0.2) is 36.4 Å². The number of carboxylic acid groups (broad SMARTS) is 1. The number of ether oxygens (including phenoxy) is 1. The Bertz CT molecular complexity index is 743. The number of aliphatic carboxylic acids is 1. The van der Waals surface area contributed by atoms with Crippen molar-refractivity contribution in [2.75, 3.05) is 6.61 Å². The molecule has 0 unspecified atom stereocenters. The molecule has 5 nitrogen and oxygen atoms in total. The largest absolute Gasteiger partial charge is 0.507 e. The fourth-order valence-electron chi connectivity index (χ4n) is 1.77. The number of para-hydroxylation sites is 1. The lowest BCUT2D eigenvalue weighted by atomic mass is 10.0. The minimum absolute atomic E-state index is 0.0582. The van der Waals surface area contributed by atoms with E-state index in [-0.39, 0.29) is 32.7 Å².